The number of carbonyl (C=O) groups is 1. The van der Waals surface area contributed by atoms with Gasteiger partial charge in [0.1, 0.15) is 5.82 Å². The molecule has 1 fully saturated rings. The smallest absolute Gasteiger partial charge is 0.244 e. The van der Waals surface area contributed by atoms with Gasteiger partial charge in [0, 0.05) is 12.1 Å². The fourth-order valence-corrected chi connectivity index (χ4v) is 3.81. The Morgan fingerprint density at radius 2 is 2.20 bits per heavy atom. The van der Waals surface area contributed by atoms with E-state index >= 15 is 0 Å². The number of rotatable bonds is 3. The zero-order valence-electron chi connectivity index (χ0n) is 10.5. The molecule has 1 heterocycles. The highest BCUT2D eigenvalue weighted by atomic mass is 35.5. The first-order valence-corrected chi connectivity index (χ1v) is 8.20. The Morgan fingerprint density at radius 1 is 1.45 bits per heavy atom. The number of hydrogen-bond donors (Lipinski definition) is 1. The average Bonchev–Trinajstić information content (AvgIpc) is 2.70. The van der Waals surface area contributed by atoms with E-state index in [0.717, 1.165) is 0 Å². The zero-order valence-corrected chi connectivity index (χ0v) is 12.0. The minimum atomic E-state index is -3.02. The Hall–Kier alpha value is -1.40. The molecule has 0 aliphatic carbocycles. The van der Waals surface area contributed by atoms with Gasteiger partial charge in [0.25, 0.3) is 0 Å². The maximum absolute atomic E-state index is 12.9. The van der Waals surface area contributed by atoms with E-state index < -0.39 is 15.7 Å². The highest BCUT2D eigenvalue weighted by molar-refractivity contribution is 7.91. The lowest BCUT2D eigenvalue weighted by Crippen LogP contribution is -2.34. The molecule has 1 saturated heterocycles. The lowest BCUT2D eigenvalue weighted by atomic mass is 10.2. The van der Waals surface area contributed by atoms with Gasteiger partial charge in [0.15, 0.2) is 9.84 Å². The quantitative estimate of drug-likeness (QED) is 0.865. The molecule has 1 aromatic carbocycles. The van der Waals surface area contributed by atoms with E-state index in [1.165, 1.54) is 30.4 Å². The second-order valence-corrected chi connectivity index (χ2v) is 7.25. The molecule has 0 aromatic heterocycles. The zero-order chi connectivity index (χ0) is 14.8. The van der Waals surface area contributed by atoms with Crippen LogP contribution in [0, 0.1) is 5.82 Å². The van der Waals surface area contributed by atoms with E-state index in [1.807, 2.05) is 0 Å². The molecule has 108 valence electrons. The maximum atomic E-state index is 12.9. The van der Waals surface area contributed by atoms with Gasteiger partial charge < -0.3 is 5.32 Å². The Balaban J connectivity index is 1.94. The largest absolute Gasteiger partial charge is 0.349 e. The summed E-state index contributed by atoms with van der Waals surface area (Å²) in [7, 11) is -3.02. The number of hydrogen-bond acceptors (Lipinski definition) is 3. The van der Waals surface area contributed by atoms with Crippen molar-refractivity contribution in [1.29, 1.82) is 0 Å². The van der Waals surface area contributed by atoms with Gasteiger partial charge in [-0.2, -0.15) is 0 Å². The molecule has 1 aliphatic rings. The molecule has 1 N–H and O–H groups in total. The Morgan fingerprint density at radius 3 is 2.80 bits per heavy atom. The molecule has 1 unspecified atom stereocenters. The average molecular weight is 318 g/mol. The van der Waals surface area contributed by atoms with Gasteiger partial charge in [-0.1, -0.05) is 17.7 Å². The van der Waals surface area contributed by atoms with E-state index in [-0.39, 0.29) is 28.5 Å². The first-order chi connectivity index (χ1) is 9.35. The van der Waals surface area contributed by atoms with Crippen molar-refractivity contribution in [2.45, 2.75) is 12.5 Å². The third-order valence-electron chi connectivity index (χ3n) is 2.95. The van der Waals surface area contributed by atoms with Crippen molar-refractivity contribution in [3.8, 4) is 0 Å². The summed E-state index contributed by atoms with van der Waals surface area (Å²) < 4.78 is 35.5. The van der Waals surface area contributed by atoms with Crippen molar-refractivity contribution in [3.63, 3.8) is 0 Å². The molecule has 1 aromatic rings. The highest BCUT2D eigenvalue weighted by Crippen LogP contribution is 2.17. The fourth-order valence-electron chi connectivity index (χ4n) is 1.95. The van der Waals surface area contributed by atoms with Crippen LogP contribution in [0.2, 0.25) is 5.02 Å². The van der Waals surface area contributed by atoms with Crippen molar-refractivity contribution in [2.24, 2.45) is 0 Å². The van der Waals surface area contributed by atoms with E-state index in [9.17, 15) is 17.6 Å². The van der Waals surface area contributed by atoms with Crippen LogP contribution in [0.5, 0.6) is 0 Å². The molecule has 1 atom stereocenters. The monoisotopic (exact) mass is 317 g/mol. The second-order valence-electron chi connectivity index (χ2n) is 4.62. The summed E-state index contributed by atoms with van der Waals surface area (Å²) in [5.74, 6) is -0.818. The molecule has 20 heavy (non-hydrogen) atoms. The third-order valence-corrected chi connectivity index (χ3v) is 5.01. The van der Waals surface area contributed by atoms with Crippen LogP contribution in [0.3, 0.4) is 0 Å². The number of sulfone groups is 1. The Bertz CT molecular complexity index is 658. The predicted molar refractivity (Wildman–Crippen MR) is 75.6 cm³/mol. The van der Waals surface area contributed by atoms with E-state index in [4.69, 9.17) is 11.6 Å². The SMILES string of the molecule is O=C(C=Cc1ccc(F)c(Cl)c1)NC1CCS(=O)(=O)C1. The van der Waals surface area contributed by atoms with Gasteiger partial charge in [-0.3, -0.25) is 4.79 Å². The number of halogens is 2. The molecule has 0 radical (unpaired) electrons. The number of benzene rings is 1. The molecule has 0 saturated carbocycles. The van der Waals surface area contributed by atoms with Crippen LogP contribution in [0.15, 0.2) is 24.3 Å². The van der Waals surface area contributed by atoms with Gasteiger partial charge in [0.2, 0.25) is 5.91 Å². The van der Waals surface area contributed by atoms with Crippen molar-refractivity contribution in [1.82, 2.24) is 5.32 Å². The summed E-state index contributed by atoms with van der Waals surface area (Å²) in [5, 5.41) is 2.60. The standard InChI is InChI=1S/C13H13ClFNO3S/c14-11-7-9(1-3-12(11)15)2-4-13(17)16-10-5-6-20(18,19)8-10/h1-4,7,10H,5-6,8H2,(H,16,17). The van der Waals surface area contributed by atoms with Gasteiger partial charge in [0.05, 0.1) is 16.5 Å². The maximum Gasteiger partial charge on any atom is 0.244 e. The summed E-state index contributed by atoms with van der Waals surface area (Å²) in [6, 6.07) is 3.77. The molecule has 0 bridgehead atoms. The molecule has 0 spiro atoms. The number of carbonyl (C=O) groups excluding carboxylic acids is 1. The second kappa shape index (κ2) is 5.93. The van der Waals surface area contributed by atoms with Crippen molar-refractivity contribution in [2.75, 3.05) is 11.5 Å². The fraction of sp³-hybridized carbons (Fsp3) is 0.308. The molecule has 1 aliphatic heterocycles. The van der Waals surface area contributed by atoms with Crippen molar-refractivity contribution >= 4 is 33.4 Å². The molecular formula is C13H13ClFNO3S. The first-order valence-electron chi connectivity index (χ1n) is 6.00. The molecular weight excluding hydrogens is 305 g/mol. The third kappa shape index (κ3) is 4.05. The minimum absolute atomic E-state index is 0.0189. The lowest BCUT2D eigenvalue weighted by molar-refractivity contribution is -0.116. The predicted octanol–water partition coefficient (Wildman–Crippen LogP) is 1.80. The van der Waals surface area contributed by atoms with E-state index in [1.54, 1.807) is 0 Å². The van der Waals surface area contributed by atoms with Gasteiger partial charge in [-0.05, 0) is 30.2 Å². The van der Waals surface area contributed by atoms with E-state index in [0.29, 0.717) is 12.0 Å². The van der Waals surface area contributed by atoms with Crippen LogP contribution in [-0.4, -0.2) is 31.9 Å². The Kier molecular flexibility index (Phi) is 4.45. The summed E-state index contributed by atoms with van der Waals surface area (Å²) in [6.07, 6.45) is 3.20. The topological polar surface area (TPSA) is 63.2 Å². The van der Waals surface area contributed by atoms with Crippen molar-refractivity contribution in [3.05, 3.63) is 40.7 Å². The van der Waals surface area contributed by atoms with Crippen LogP contribution in [0.1, 0.15) is 12.0 Å². The molecule has 1 amide bonds. The van der Waals surface area contributed by atoms with Crippen LogP contribution in [-0.2, 0) is 14.6 Å². The number of amides is 1. The van der Waals surface area contributed by atoms with Crippen LogP contribution < -0.4 is 5.32 Å². The van der Waals surface area contributed by atoms with Gasteiger partial charge in [-0.15, -0.1) is 0 Å². The van der Waals surface area contributed by atoms with Crippen LogP contribution in [0.25, 0.3) is 6.08 Å². The summed E-state index contributed by atoms with van der Waals surface area (Å²) in [5.41, 5.74) is 0.589. The lowest BCUT2D eigenvalue weighted by Gasteiger charge is -2.07. The van der Waals surface area contributed by atoms with Crippen molar-refractivity contribution < 1.29 is 17.6 Å². The molecule has 7 heteroatoms. The van der Waals surface area contributed by atoms with Crippen LogP contribution >= 0.6 is 11.6 Å². The summed E-state index contributed by atoms with van der Waals surface area (Å²) >= 11 is 5.62. The normalized spacial score (nSPS) is 21.2. The molecule has 2 rings (SSSR count). The summed E-state index contributed by atoms with van der Waals surface area (Å²) in [6.45, 7) is 0. The number of nitrogens with one attached hydrogen (secondary N) is 1. The van der Waals surface area contributed by atoms with Gasteiger partial charge >= 0.3 is 0 Å². The van der Waals surface area contributed by atoms with Crippen LogP contribution in [0.4, 0.5) is 4.39 Å². The van der Waals surface area contributed by atoms with Gasteiger partial charge in [-0.25, -0.2) is 12.8 Å². The first kappa shape index (κ1) is 15.0. The van der Waals surface area contributed by atoms with E-state index in [2.05, 4.69) is 5.32 Å². The molecule has 4 nitrogen and oxygen atoms in total. The highest BCUT2D eigenvalue weighted by Gasteiger charge is 2.28. The Labute approximate surface area is 121 Å². The summed E-state index contributed by atoms with van der Waals surface area (Å²) in [4.78, 5) is 11.6. The minimum Gasteiger partial charge on any atom is -0.349 e.